The van der Waals surface area contributed by atoms with Gasteiger partial charge in [-0.1, -0.05) is 42.0 Å². The second-order valence-corrected chi connectivity index (χ2v) is 5.52. The molecule has 0 unspecified atom stereocenters. The zero-order valence-corrected chi connectivity index (χ0v) is 11.2. The van der Waals surface area contributed by atoms with Gasteiger partial charge >= 0.3 is 0 Å². The van der Waals surface area contributed by atoms with Gasteiger partial charge in [0.05, 0.1) is 0 Å². The molecule has 0 saturated carbocycles. The summed E-state index contributed by atoms with van der Waals surface area (Å²) in [6.45, 7) is 2.22. The van der Waals surface area contributed by atoms with Gasteiger partial charge in [-0.3, -0.25) is 0 Å². The van der Waals surface area contributed by atoms with E-state index in [-0.39, 0.29) is 0 Å². The summed E-state index contributed by atoms with van der Waals surface area (Å²) in [5.74, 6) is 0. The summed E-state index contributed by atoms with van der Waals surface area (Å²) in [7, 11) is 0. The van der Waals surface area contributed by atoms with Crippen molar-refractivity contribution < 1.29 is 0 Å². The van der Waals surface area contributed by atoms with E-state index in [1.807, 2.05) is 11.3 Å². The Morgan fingerprint density at radius 3 is 2.39 bits per heavy atom. The fourth-order valence-electron chi connectivity index (χ4n) is 2.52. The van der Waals surface area contributed by atoms with Crippen molar-refractivity contribution in [2.45, 2.75) is 12.8 Å². The highest BCUT2D eigenvalue weighted by Crippen LogP contribution is 2.33. The molecule has 1 aromatic carbocycles. The van der Waals surface area contributed by atoms with Crippen LogP contribution in [0.2, 0.25) is 0 Å². The average Bonchev–Trinajstić information content (AvgIpc) is 2.95. The monoisotopic (exact) mass is 255 g/mol. The highest BCUT2D eigenvalue weighted by atomic mass is 32.1. The summed E-state index contributed by atoms with van der Waals surface area (Å²) in [6, 6.07) is 15.2. The molecule has 2 aromatic rings. The zero-order valence-electron chi connectivity index (χ0n) is 10.4. The molecule has 1 fully saturated rings. The second kappa shape index (κ2) is 5.51. The van der Waals surface area contributed by atoms with Gasteiger partial charge in [-0.15, -0.1) is 11.3 Å². The molecule has 1 aromatic heterocycles. The van der Waals surface area contributed by atoms with Crippen molar-refractivity contribution >= 4 is 16.9 Å². The molecule has 0 bridgehead atoms. The normalized spacial score (nSPS) is 15.7. The van der Waals surface area contributed by atoms with Crippen LogP contribution in [0, 0.1) is 0 Å². The SMILES string of the molecule is c1ccc(C(=C2CCNCC2)c2cccs2)cc1. The largest absolute Gasteiger partial charge is 0.316 e. The Hall–Kier alpha value is -1.38. The van der Waals surface area contributed by atoms with E-state index < -0.39 is 0 Å². The van der Waals surface area contributed by atoms with E-state index >= 15 is 0 Å². The molecular formula is C16H17NS. The van der Waals surface area contributed by atoms with Crippen molar-refractivity contribution in [3.8, 4) is 0 Å². The van der Waals surface area contributed by atoms with Gasteiger partial charge < -0.3 is 5.32 Å². The fraction of sp³-hybridized carbons (Fsp3) is 0.250. The molecule has 92 valence electrons. The molecule has 1 nitrogen and oxygen atoms in total. The Balaban J connectivity index is 2.09. The van der Waals surface area contributed by atoms with E-state index in [0.29, 0.717) is 0 Å². The molecule has 18 heavy (non-hydrogen) atoms. The molecule has 1 aliphatic rings. The molecule has 2 heterocycles. The maximum absolute atomic E-state index is 3.44. The Morgan fingerprint density at radius 1 is 0.944 bits per heavy atom. The van der Waals surface area contributed by atoms with Crippen molar-refractivity contribution in [1.29, 1.82) is 0 Å². The molecule has 0 atom stereocenters. The summed E-state index contributed by atoms with van der Waals surface area (Å²) >= 11 is 1.84. The molecule has 3 rings (SSSR count). The number of nitrogens with one attached hydrogen (secondary N) is 1. The Bertz CT molecular complexity index is 517. The lowest BCUT2D eigenvalue weighted by Crippen LogP contribution is -2.23. The Labute approximate surface area is 112 Å². The van der Waals surface area contributed by atoms with Gasteiger partial charge in [-0.2, -0.15) is 0 Å². The van der Waals surface area contributed by atoms with Gasteiger partial charge in [-0.05, 0) is 48.5 Å². The molecule has 1 aliphatic heterocycles. The highest BCUT2D eigenvalue weighted by molar-refractivity contribution is 7.11. The third-order valence-corrected chi connectivity index (χ3v) is 4.28. The van der Waals surface area contributed by atoms with Gasteiger partial charge in [0.25, 0.3) is 0 Å². The summed E-state index contributed by atoms with van der Waals surface area (Å²) < 4.78 is 0. The maximum Gasteiger partial charge on any atom is 0.0348 e. The Kier molecular flexibility index (Phi) is 3.58. The fourth-order valence-corrected chi connectivity index (χ4v) is 3.37. The first kappa shape index (κ1) is 11.7. The van der Waals surface area contributed by atoms with Gasteiger partial charge in [0.1, 0.15) is 0 Å². The zero-order chi connectivity index (χ0) is 12.2. The average molecular weight is 255 g/mol. The molecule has 0 aliphatic carbocycles. The van der Waals surface area contributed by atoms with Crippen molar-refractivity contribution in [1.82, 2.24) is 5.32 Å². The lowest BCUT2D eigenvalue weighted by Gasteiger charge is -2.20. The molecule has 1 saturated heterocycles. The summed E-state index contributed by atoms with van der Waals surface area (Å²) in [5, 5.41) is 5.60. The number of thiophene rings is 1. The maximum atomic E-state index is 3.44. The van der Waals surface area contributed by atoms with Crippen LogP contribution in [0.4, 0.5) is 0 Å². The van der Waals surface area contributed by atoms with Crippen LogP contribution in [-0.2, 0) is 0 Å². The quantitative estimate of drug-likeness (QED) is 0.857. The first-order valence-electron chi connectivity index (χ1n) is 6.47. The lowest BCUT2D eigenvalue weighted by molar-refractivity contribution is 0.612. The van der Waals surface area contributed by atoms with Crippen molar-refractivity contribution in [3.05, 3.63) is 63.9 Å². The minimum Gasteiger partial charge on any atom is -0.316 e. The standard InChI is InChI=1S/C16H17NS/c1-2-5-13(6-3-1)16(15-7-4-12-18-15)14-8-10-17-11-9-14/h1-7,12,17H,8-11H2. The van der Waals surface area contributed by atoms with Crippen LogP contribution in [-0.4, -0.2) is 13.1 Å². The van der Waals surface area contributed by atoms with E-state index in [4.69, 9.17) is 0 Å². The molecule has 2 heteroatoms. The minimum absolute atomic E-state index is 1.11. The van der Waals surface area contributed by atoms with Gasteiger partial charge in [0.15, 0.2) is 0 Å². The number of benzene rings is 1. The number of piperidine rings is 1. The van der Waals surface area contributed by atoms with E-state index in [0.717, 1.165) is 13.1 Å². The topological polar surface area (TPSA) is 12.0 Å². The summed E-state index contributed by atoms with van der Waals surface area (Å²) in [5.41, 5.74) is 4.42. The van der Waals surface area contributed by atoms with Crippen LogP contribution in [0.15, 0.2) is 53.4 Å². The van der Waals surface area contributed by atoms with Gasteiger partial charge in [0.2, 0.25) is 0 Å². The number of hydrogen-bond acceptors (Lipinski definition) is 2. The van der Waals surface area contributed by atoms with E-state index in [1.165, 1.54) is 28.9 Å². The molecule has 0 spiro atoms. The predicted molar refractivity (Wildman–Crippen MR) is 78.9 cm³/mol. The van der Waals surface area contributed by atoms with E-state index in [1.54, 1.807) is 5.57 Å². The first-order valence-corrected chi connectivity index (χ1v) is 7.35. The van der Waals surface area contributed by atoms with Gasteiger partial charge in [-0.25, -0.2) is 0 Å². The smallest absolute Gasteiger partial charge is 0.0348 e. The first-order chi connectivity index (χ1) is 8.95. The van der Waals surface area contributed by atoms with Crippen LogP contribution in [0.3, 0.4) is 0 Å². The summed E-state index contributed by atoms with van der Waals surface area (Å²) in [4.78, 5) is 1.40. The molecular weight excluding hydrogens is 238 g/mol. The van der Waals surface area contributed by atoms with Crippen LogP contribution in [0.1, 0.15) is 23.3 Å². The third-order valence-electron chi connectivity index (χ3n) is 3.39. The summed E-state index contributed by atoms with van der Waals surface area (Å²) in [6.07, 6.45) is 2.34. The van der Waals surface area contributed by atoms with Crippen LogP contribution in [0.25, 0.3) is 5.57 Å². The molecule has 0 amide bonds. The number of hydrogen-bond donors (Lipinski definition) is 1. The third kappa shape index (κ3) is 2.40. The van der Waals surface area contributed by atoms with E-state index in [2.05, 4.69) is 53.2 Å². The second-order valence-electron chi connectivity index (χ2n) is 4.57. The number of rotatable bonds is 2. The van der Waals surface area contributed by atoms with Crippen LogP contribution in [0.5, 0.6) is 0 Å². The lowest BCUT2D eigenvalue weighted by atomic mass is 9.93. The Morgan fingerprint density at radius 2 is 1.72 bits per heavy atom. The van der Waals surface area contributed by atoms with Crippen LogP contribution < -0.4 is 5.32 Å². The molecule has 0 radical (unpaired) electrons. The van der Waals surface area contributed by atoms with Crippen molar-refractivity contribution in [2.75, 3.05) is 13.1 Å². The molecule has 1 N–H and O–H groups in total. The minimum atomic E-state index is 1.11. The van der Waals surface area contributed by atoms with Crippen molar-refractivity contribution in [2.24, 2.45) is 0 Å². The van der Waals surface area contributed by atoms with Gasteiger partial charge in [0, 0.05) is 4.88 Å². The predicted octanol–water partition coefficient (Wildman–Crippen LogP) is 3.93. The highest BCUT2D eigenvalue weighted by Gasteiger charge is 2.14. The van der Waals surface area contributed by atoms with E-state index in [9.17, 15) is 0 Å². The van der Waals surface area contributed by atoms with Crippen LogP contribution >= 0.6 is 11.3 Å². The van der Waals surface area contributed by atoms with Crippen molar-refractivity contribution in [3.63, 3.8) is 0 Å².